The van der Waals surface area contributed by atoms with Gasteiger partial charge in [0.05, 0.1) is 5.76 Å². The number of ether oxygens (including phenoxy) is 1. The van der Waals surface area contributed by atoms with Crippen LogP contribution >= 0.6 is 0 Å². The second-order valence-corrected chi connectivity index (χ2v) is 2.95. The third kappa shape index (κ3) is 1.53. The summed E-state index contributed by atoms with van der Waals surface area (Å²) < 4.78 is 23.7. The molecule has 2 unspecified atom stereocenters. The molecule has 1 aliphatic rings. The zero-order valence-electron chi connectivity index (χ0n) is 5.03. The first-order valence-corrected chi connectivity index (χ1v) is 3.80. The quantitative estimate of drug-likeness (QED) is 0.561. The summed E-state index contributed by atoms with van der Waals surface area (Å²) in [4.78, 5) is 0. The summed E-state index contributed by atoms with van der Waals surface area (Å²) >= 11 is -1.84. The predicted octanol–water partition coefficient (Wildman–Crippen LogP) is 0.858. The van der Waals surface area contributed by atoms with Gasteiger partial charge in [-0.1, -0.05) is 0 Å². The molecule has 1 rings (SSSR count). The molecule has 0 saturated carbocycles. The minimum Gasteiger partial charge on any atom is -0.479 e. The van der Waals surface area contributed by atoms with Gasteiger partial charge in [-0.2, -0.15) is 0 Å². The van der Waals surface area contributed by atoms with Crippen molar-refractivity contribution in [1.29, 1.82) is 0 Å². The smallest absolute Gasteiger partial charge is 0.201 e. The monoisotopic (exact) mass is 148 g/mol. The van der Waals surface area contributed by atoms with Gasteiger partial charge in [0.1, 0.15) is 0 Å². The molecule has 0 bridgehead atoms. The Balaban J connectivity index is 2.47. The van der Waals surface area contributed by atoms with Crippen LogP contribution in [0, 0.1) is 0 Å². The average molecular weight is 148 g/mol. The topological polar surface area (TPSA) is 46.5 Å². The molecule has 0 aliphatic carbocycles. The standard InChI is InChI=1S/C5H8O3S/c1-4-2-3-5(8-4)9(6)7/h2,5H,3H2,1H3,(H,6,7). The highest BCUT2D eigenvalue weighted by molar-refractivity contribution is 7.79. The molecule has 0 aromatic carbocycles. The fraction of sp³-hybridized carbons (Fsp3) is 0.600. The zero-order chi connectivity index (χ0) is 6.85. The summed E-state index contributed by atoms with van der Waals surface area (Å²) in [6, 6.07) is 0. The Hall–Kier alpha value is -0.350. The summed E-state index contributed by atoms with van der Waals surface area (Å²) in [5.41, 5.74) is -0.523. The lowest BCUT2D eigenvalue weighted by atomic mass is 10.4. The van der Waals surface area contributed by atoms with E-state index in [9.17, 15) is 4.21 Å². The molecule has 0 amide bonds. The number of rotatable bonds is 1. The van der Waals surface area contributed by atoms with E-state index < -0.39 is 16.5 Å². The van der Waals surface area contributed by atoms with Gasteiger partial charge >= 0.3 is 0 Å². The molecule has 52 valence electrons. The molecule has 9 heavy (non-hydrogen) atoms. The van der Waals surface area contributed by atoms with Crippen LogP contribution in [0.2, 0.25) is 0 Å². The molecule has 0 spiro atoms. The summed E-state index contributed by atoms with van der Waals surface area (Å²) in [6.07, 6.45) is 2.35. The maximum absolute atomic E-state index is 10.3. The van der Waals surface area contributed by atoms with Crippen molar-refractivity contribution < 1.29 is 13.5 Å². The molecular weight excluding hydrogens is 140 g/mol. The molecule has 0 aromatic rings. The van der Waals surface area contributed by atoms with Gasteiger partial charge in [0, 0.05) is 6.42 Å². The van der Waals surface area contributed by atoms with Crippen molar-refractivity contribution >= 4 is 11.1 Å². The molecule has 0 saturated heterocycles. The molecule has 0 aromatic heterocycles. The van der Waals surface area contributed by atoms with Crippen LogP contribution in [0.4, 0.5) is 0 Å². The van der Waals surface area contributed by atoms with Crippen molar-refractivity contribution in [1.82, 2.24) is 0 Å². The highest BCUT2D eigenvalue weighted by atomic mass is 32.2. The minimum absolute atomic E-state index is 0.523. The molecule has 1 N–H and O–H groups in total. The van der Waals surface area contributed by atoms with Gasteiger partial charge in [-0.05, 0) is 13.0 Å². The summed E-state index contributed by atoms with van der Waals surface area (Å²) in [7, 11) is 0. The van der Waals surface area contributed by atoms with Crippen LogP contribution in [0.5, 0.6) is 0 Å². The lowest BCUT2D eigenvalue weighted by Gasteiger charge is -2.04. The van der Waals surface area contributed by atoms with E-state index >= 15 is 0 Å². The average Bonchev–Trinajstić information content (AvgIpc) is 2.14. The highest BCUT2D eigenvalue weighted by Gasteiger charge is 2.20. The van der Waals surface area contributed by atoms with Crippen LogP contribution in [-0.2, 0) is 15.8 Å². The van der Waals surface area contributed by atoms with Crippen LogP contribution in [0.1, 0.15) is 13.3 Å². The van der Waals surface area contributed by atoms with Gasteiger partial charge in [0.2, 0.25) is 5.44 Å². The molecule has 0 radical (unpaired) electrons. The largest absolute Gasteiger partial charge is 0.479 e. The second kappa shape index (κ2) is 2.49. The van der Waals surface area contributed by atoms with Gasteiger partial charge in [-0.3, -0.25) is 0 Å². The SMILES string of the molecule is CC1=CCC(S(=O)O)O1. The Morgan fingerprint density at radius 1 is 2.00 bits per heavy atom. The van der Waals surface area contributed by atoms with Crippen molar-refractivity contribution in [2.24, 2.45) is 0 Å². The first kappa shape index (κ1) is 6.77. The van der Waals surface area contributed by atoms with Crippen molar-refractivity contribution in [2.45, 2.75) is 18.8 Å². The van der Waals surface area contributed by atoms with Crippen LogP contribution < -0.4 is 0 Å². The highest BCUT2D eigenvalue weighted by Crippen LogP contribution is 2.17. The molecule has 0 fully saturated rings. The summed E-state index contributed by atoms with van der Waals surface area (Å²) in [5.74, 6) is 0.738. The lowest BCUT2D eigenvalue weighted by Crippen LogP contribution is -2.11. The third-order valence-electron chi connectivity index (χ3n) is 1.14. The predicted molar refractivity (Wildman–Crippen MR) is 34.0 cm³/mol. The second-order valence-electron chi connectivity index (χ2n) is 1.87. The van der Waals surface area contributed by atoms with Gasteiger partial charge in [-0.25, -0.2) is 4.21 Å². The minimum atomic E-state index is -1.84. The van der Waals surface area contributed by atoms with E-state index in [0.29, 0.717) is 6.42 Å². The maximum atomic E-state index is 10.3. The molecule has 4 heteroatoms. The van der Waals surface area contributed by atoms with Gasteiger partial charge in [0.15, 0.2) is 11.1 Å². The Morgan fingerprint density at radius 2 is 2.67 bits per heavy atom. The van der Waals surface area contributed by atoms with Crippen LogP contribution in [0.3, 0.4) is 0 Å². The fourth-order valence-electron chi connectivity index (χ4n) is 0.689. The Labute approximate surface area is 56.0 Å². The van der Waals surface area contributed by atoms with E-state index in [1.165, 1.54) is 0 Å². The van der Waals surface area contributed by atoms with Crippen LogP contribution in [0.15, 0.2) is 11.8 Å². The van der Waals surface area contributed by atoms with Crippen molar-refractivity contribution in [2.75, 3.05) is 0 Å². The van der Waals surface area contributed by atoms with E-state index in [1.54, 1.807) is 13.0 Å². The molecule has 2 atom stereocenters. The molecule has 1 aliphatic heterocycles. The number of allylic oxidation sites excluding steroid dienone is 1. The molecule has 3 nitrogen and oxygen atoms in total. The maximum Gasteiger partial charge on any atom is 0.201 e. The van der Waals surface area contributed by atoms with E-state index in [4.69, 9.17) is 9.29 Å². The first-order chi connectivity index (χ1) is 4.20. The normalized spacial score (nSPS) is 29.1. The van der Waals surface area contributed by atoms with Gasteiger partial charge < -0.3 is 9.29 Å². The first-order valence-electron chi connectivity index (χ1n) is 2.63. The number of hydrogen-bond acceptors (Lipinski definition) is 2. The summed E-state index contributed by atoms with van der Waals surface area (Å²) in [5, 5.41) is 0. The lowest BCUT2D eigenvalue weighted by molar-refractivity contribution is 0.205. The Kier molecular flexibility index (Phi) is 1.87. The van der Waals surface area contributed by atoms with Crippen molar-refractivity contribution in [3.8, 4) is 0 Å². The molecular formula is C5H8O3S. The van der Waals surface area contributed by atoms with Gasteiger partial charge in [0.25, 0.3) is 0 Å². The van der Waals surface area contributed by atoms with Crippen molar-refractivity contribution in [3.05, 3.63) is 11.8 Å². The van der Waals surface area contributed by atoms with Crippen molar-refractivity contribution in [3.63, 3.8) is 0 Å². The zero-order valence-corrected chi connectivity index (χ0v) is 5.85. The fourth-order valence-corrected chi connectivity index (χ4v) is 1.18. The molecule has 1 heterocycles. The van der Waals surface area contributed by atoms with E-state index in [0.717, 1.165) is 5.76 Å². The van der Waals surface area contributed by atoms with Crippen LogP contribution in [0.25, 0.3) is 0 Å². The third-order valence-corrected chi connectivity index (χ3v) is 1.88. The van der Waals surface area contributed by atoms with E-state index in [2.05, 4.69) is 0 Å². The van der Waals surface area contributed by atoms with E-state index in [-0.39, 0.29) is 0 Å². The van der Waals surface area contributed by atoms with E-state index in [1.807, 2.05) is 0 Å². The summed E-state index contributed by atoms with van der Waals surface area (Å²) in [6.45, 7) is 1.77. The van der Waals surface area contributed by atoms with Crippen LogP contribution in [-0.4, -0.2) is 14.2 Å². The Bertz CT molecular complexity index is 164. The number of hydrogen-bond donors (Lipinski definition) is 1. The Morgan fingerprint density at radius 3 is 2.89 bits per heavy atom. The van der Waals surface area contributed by atoms with Gasteiger partial charge in [-0.15, -0.1) is 0 Å².